The van der Waals surface area contributed by atoms with Crippen LogP contribution in [0.4, 0.5) is 14.4 Å². The van der Waals surface area contributed by atoms with E-state index >= 15 is 0 Å². The Kier molecular flexibility index (Phi) is 27.0. The number of hydrogen-bond acceptors (Lipinski definition) is 18. The van der Waals surface area contributed by atoms with E-state index in [0.29, 0.717) is 52.0 Å². The van der Waals surface area contributed by atoms with E-state index in [1.807, 2.05) is 54.1 Å². The molecule has 4 fully saturated rings. The van der Waals surface area contributed by atoms with Crippen LogP contribution in [0.5, 0.6) is 0 Å². The fourth-order valence-electron chi connectivity index (χ4n) is 6.22. The highest BCUT2D eigenvalue weighted by atomic mass is 33.1. The highest BCUT2D eigenvalue weighted by molar-refractivity contribution is 8.76. The molecule has 0 aromatic heterocycles. The number of methoxy groups -OCH3 is 3. The van der Waals surface area contributed by atoms with Crippen LogP contribution in [0, 0.1) is 11.8 Å². The SMILES string of the molecule is CC(C)(C)OC(=O)N1CCC(C(=O)O)C1.COC(=O)C1(SC)CCN(C(=O)OC(C)(C)C)C1.COC(=O)C1(SC)CCNC1.COC(=O)C1CCN(C(=O)OC(C)(C)C)C1.CSSC. The Bertz CT molecular complexity index is 1510. The van der Waals surface area contributed by atoms with Gasteiger partial charge in [-0.2, -0.15) is 0 Å². The molecule has 0 radical (unpaired) electrons. The molecule has 4 aliphatic heterocycles. The van der Waals surface area contributed by atoms with Crippen molar-refractivity contribution in [2.75, 3.05) is 98.7 Å². The Balaban J connectivity index is 0.000000812. The van der Waals surface area contributed by atoms with E-state index in [2.05, 4.69) is 22.6 Å². The van der Waals surface area contributed by atoms with Crippen LogP contribution >= 0.6 is 45.1 Å². The number of aliphatic carboxylic acids is 1. The quantitative estimate of drug-likeness (QED) is 0.157. The number of carboxylic acids is 1. The van der Waals surface area contributed by atoms with Crippen LogP contribution in [-0.4, -0.2) is 187 Å². The van der Waals surface area contributed by atoms with E-state index in [9.17, 15) is 33.6 Å². The Hall–Kier alpha value is -2.95. The first-order valence-corrected chi connectivity index (χ1v) is 26.2. The van der Waals surface area contributed by atoms with E-state index in [-0.39, 0.29) is 47.3 Å². The number of esters is 3. The average Bonchev–Trinajstić information content (AvgIpc) is 4.06. The topological polar surface area (TPSA) is 217 Å². The Labute approximate surface area is 397 Å². The lowest BCUT2D eigenvalue weighted by Crippen LogP contribution is -2.42. The molecule has 0 aliphatic carbocycles. The van der Waals surface area contributed by atoms with E-state index in [4.69, 9.17) is 28.8 Å². The molecule has 372 valence electrons. The first kappa shape index (κ1) is 61.0. The van der Waals surface area contributed by atoms with Crippen LogP contribution < -0.4 is 5.32 Å². The molecule has 0 bridgehead atoms. The van der Waals surface area contributed by atoms with Crippen LogP contribution in [0.15, 0.2) is 0 Å². The van der Waals surface area contributed by atoms with Gasteiger partial charge in [-0.3, -0.25) is 19.2 Å². The minimum Gasteiger partial charge on any atom is -0.481 e. The number of carbonyl (C=O) groups is 7. The average molecular weight is 989 g/mol. The monoisotopic (exact) mass is 988 g/mol. The van der Waals surface area contributed by atoms with Crippen molar-refractivity contribution in [3.8, 4) is 0 Å². The highest BCUT2D eigenvalue weighted by Gasteiger charge is 2.47. The number of ether oxygens (including phenoxy) is 6. The van der Waals surface area contributed by atoms with Gasteiger partial charge in [0.1, 0.15) is 26.3 Å². The van der Waals surface area contributed by atoms with Gasteiger partial charge < -0.3 is 53.5 Å². The maximum Gasteiger partial charge on any atom is 0.410 e. The van der Waals surface area contributed by atoms with Gasteiger partial charge in [-0.25, -0.2) is 14.4 Å². The summed E-state index contributed by atoms with van der Waals surface area (Å²) in [4.78, 5) is 84.7. The zero-order valence-corrected chi connectivity index (χ0v) is 44.1. The summed E-state index contributed by atoms with van der Waals surface area (Å²) in [6.45, 7) is 20.5. The lowest BCUT2D eigenvalue weighted by atomic mass is 10.1. The molecule has 3 amide bonds. The van der Waals surface area contributed by atoms with Gasteiger partial charge in [0.05, 0.1) is 33.2 Å². The van der Waals surface area contributed by atoms with Gasteiger partial charge in [0.25, 0.3) is 0 Å². The fraction of sp³-hybridized carbons (Fsp3) is 0.833. The molecule has 4 unspecified atom stereocenters. The van der Waals surface area contributed by atoms with Crippen LogP contribution in [0.3, 0.4) is 0 Å². The van der Waals surface area contributed by atoms with Gasteiger partial charge in [-0.05, 0) is 120 Å². The van der Waals surface area contributed by atoms with Crippen molar-refractivity contribution in [3.05, 3.63) is 0 Å². The summed E-state index contributed by atoms with van der Waals surface area (Å²) in [7, 11) is 7.72. The number of likely N-dealkylation sites (tertiary alicyclic amines) is 3. The fourth-order valence-corrected chi connectivity index (χ4v) is 7.85. The second-order valence-electron chi connectivity index (χ2n) is 18.0. The number of nitrogens with zero attached hydrogens (tertiary/aromatic N) is 3. The number of carbonyl (C=O) groups excluding carboxylic acids is 6. The third kappa shape index (κ3) is 22.0. The molecule has 4 atom stereocenters. The minimum absolute atomic E-state index is 0.102. The second-order valence-corrected chi connectivity index (χ2v) is 23.0. The summed E-state index contributed by atoms with van der Waals surface area (Å²) in [6.07, 6.45) is 9.39. The Morgan fingerprint density at radius 2 is 0.984 bits per heavy atom. The van der Waals surface area contributed by atoms with Crippen molar-refractivity contribution >= 4 is 87.3 Å². The molecule has 0 aromatic rings. The van der Waals surface area contributed by atoms with E-state index in [1.165, 1.54) is 38.0 Å². The number of rotatable bonds is 7. The lowest BCUT2D eigenvalue weighted by molar-refractivity contribution is -0.145. The zero-order valence-electron chi connectivity index (χ0n) is 40.9. The lowest BCUT2D eigenvalue weighted by Gasteiger charge is -2.26. The van der Waals surface area contributed by atoms with Gasteiger partial charge in [0, 0.05) is 45.8 Å². The number of carboxylic acid groups (broad SMARTS) is 1. The Morgan fingerprint density at radius 1 is 0.578 bits per heavy atom. The smallest absolute Gasteiger partial charge is 0.410 e. The summed E-state index contributed by atoms with van der Waals surface area (Å²) in [5.41, 5.74) is -1.55. The number of amides is 3. The zero-order chi connectivity index (χ0) is 49.7. The molecule has 0 aromatic carbocycles. The molecule has 64 heavy (non-hydrogen) atoms. The van der Waals surface area contributed by atoms with Gasteiger partial charge in [0.2, 0.25) is 0 Å². The molecule has 4 heterocycles. The maximum atomic E-state index is 11.9. The van der Waals surface area contributed by atoms with Crippen LogP contribution in [0.1, 0.15) is 88.0 Å². The van der Waals surface area contributed by atoms with Crippen LogP contribution in [0.25, 0.3) is 0 Å². The molecule has 4 rings (SSSR count). The normalized spacial score (nSPS) is 22.7. The molecule has 22 heteroatoms. The van der Waals surface area contributed by atoms with Gasteiger partial charge in [-0.1, -0.05) is 21.6 Å². The summed E-state index contributed by atoms with van der Waals surface area (Å²) in [5, 5.41) is 11.9. The highest BCUT2D eigenvalue weighted by Crippen LogP contribution is 2.35. The van der Waals surface area contributed by atoms with Crippen LogP contribution in [-0.2, 0) is 47.6 Å². The minimum atomic E-state index is -0.846. The third-order valence-electron chi connectivity index (χ3n) is 9.63. The van der Waals surface area contributed by atoms with Crippen molar-refractivity contribution in [1.29, 1.82) is 0 Å². The van der Waals surface area contributed by atoms with Crippen molar-refractivity contribution in [1.82, 2.24) is 20.0 Å². The van der Waals surface area contributed by atoms with E-state index < -0.39 is 39.5 Å². The molecule has 0 spiro atoms. The van der Waals surface area contributed by atoms with Crippen molar-refractivity contribution in [2.45, 2.75) is 114 Å². The summed E-state index contributed by atoms with van der Waals surface area (Å²) in [5.74, 6) is -2.14. The Morgan fingerprint density at radius 3 is 1.31 bits per heavy atom. The number of nitrogens with one attached hydrogen (secondary N) is 1. The van der Waals surface area contributed by atoms with E-state index in [0.717, 1.165) is 19.5 Å². The first-order valence-electron chi connectivity index (χ1n) is 20.8. The molecule has 4 aliphatic rings. The van der Waals surface area contributed by atoms with Crippen molar-refractivity contribution < 1.29 is 67.1 Å². The molecular formula is C42H76N4O14S4. The maximum absolute atomic E-state index is 11.9. The van der Waals surface area contributed by atoms with Crippen molar-refractivity contribution in [3.63, 3.8) is 0 Å². The van der Waals surface area contributed by atoms with Crippen molar-refractivity contribution in [2.24, 2.45) is 11.8 Å². The predicted molar refractivity (Wildman–Crippen MR) is 255 cm³/mol. The largest absolute Gasteiger partial charge is 0.481 e. The molecule has 18 nitrogen and oxygen atoms in total. The molecule has 4 saturated heterocycles. The third-order valence-corrected chi connectivity index (χ3v) is 13.5. The summed E-state index contributed by atoms with van der Waals surface area (Å²) in [6, 6.07) is 0. The molecular weight excluding hydrogens is 913 g/mol. The van der Waals surface area contributed by atoms with Crippen LogP contribution in [0.2, 0.25) is 0 Å². The first-order chi connectivity index (χ1) is 29.5. The van der Waals surface area contributed by atoms with Gasteiger partial charge in [-0.15, -0.1) is 23.5 Å². The summed E-state index contributed by atoms with van der Waals surface area (Å²) < 4.78 is 28.9. The number of thioether (sulfide) groups is 2. The standard InChI is InChI=1S/C12H21NO4S.C11H19NO4.C10H17NO4.C7H13NO2S.C2H6S2/c1-11(2,3)17-10(15)13-7-6-12(8-13,18-5)9(14)16-4;1-11(2,3)16-10(14)12-6-5-8(7-12)9(13)15-4;1-10(2,3)15-9(14)11-5-4-7(6-11)8(12)13;1-10-6(9)7(11-2)3-4-8-5-7;1-3-4-2/h6-8H2,1-5H3;8H,5-7H2,1-4H3;7H,4-6H2,1-3H3,(H,12,13);8H,3-5H2,1-2H3;1-2H3. The second kappa shape index (κ2) is 28.3. The van der Waals surface area contributed by atoms with Gasteiger partial charge >= 0.3 is 42.2 Å². The summed E-state index contributed by atoms with van der Waals surface area (Å²) >= 11 is 3.00. The number of hydrogen-bond donors (Lipinski definition) is 2. The molecule has 0 saturated carbocycles. The predicted octanol–water partition coefficient (Wildman–Crippen LogP) is 6.53. The van der Waals surface area contributed by atoms with Gasteiger partial charge in [0.15, 0.2) is 0 Å². The van der Waals surface area contributed by atoms with E-state index in [1.54, 1.807) is 63.9 Å². The molecule has 2 N–H and O–H groups in total.